The van der Waals surface area contributed by atoms with Crippen LogP contribution < -0.4 is 0 Å². The first kappa shape index (κ1) is 17.0. The number of carbonyl (C=O) groups is 1. The van der Waals surface area contributed by atoms with Crippen molar-refractivity contribution in [1.82, 2.24) is 9.78 Å². The first-order valence-electron chi connectivity index (χ1n) is 7.29. The van der Waals surface area contributed by atoms with Crippen LogP contribution in [0.5, 0.6) is 0 Å². The lowest BCUT2D eigenvalue weighted by atomic mass is 10.1. The molecule has 2 heterocycles. The van der Waals surface area contributed by atoms with Crippen molar-refractivity contribution in [3.05, 3.63) is 56.5 Å². The normalized spacial score (nSPS) is 11.0. The molecule has 0 aliphatic rings. The van der Waals surface area contributed by atoms with E-state index in [0.29, 0.717) is 27.7 Å². The largest absolute Gasteiger partial charge is 0.476 e. The zero-order chi connectivity index (χ0) is 17.4. The SMILES string of the molecule is CCc1c(C(=O)O)nn(-c2ccc(Cl)cc2Cl)c1-c1ccc(C)s1. The Balaban J connectivity index is 2.34. The Bertz CT molecular complexity index is 931. The summed E-state index contributed by atoms with van der Waals surface area (Å²) in [5, 5.41) is 14.8. The number of halogens is 2. The third kappa shape index (κ3) is 2.95. The van der Waals surface area contributed by atoms with Gasteiger partial charge in [0.05, 0.1) is 21.3 Å². The van der Waals surface area contributed by atoms with Gasteiger partial charge in [-0.2, -0.15) is 5.10 Å². The highest BCUT2D eigenvalue weighted by Crippen LogP contribution is 2.36. The lowest BCUT2D eigenvalue weighted by Gasteiger charge is -2.09. The van der Waals surface area contributed by atoms with Gasteiger partial charge in [0.1, 0.15) is 0 Å². The van der Waals surface area contributed by atoms with Crippen LogP contribution in [0.15, 0.2) is 30.3 Å². The molecule has 0 atom stereocenters. The molecule has 0 spiro atoms. The summed E-state index contributed by atoms with van der Waals surface area (Å²) < 4.78 is 1.60. The number of hydrogen-bond acceptors (Lipinski definition) is 3. The van der Waals surface area contributed by atoms with Gasteiger partial charge in [0.2, 0.25) is 0 Å². The fraction of sp³-hybridized carbons (Fsp3) is 0.176. The van der Waals surface area contributed by atoms with Crippen molar-refractivity contribution in [1.29, 1.82) is 0 Å². The van der Waals surface area contributed by atoms with Crippen molar-refractivity contribution < 1.29 is 9.90 Å². The number of hydrogen-bond donors (Lipinski definition) is 1. The molecule has 0 bridgehead atoms. The van der Waals surface area contributed by atoms with E-state index in [1.807, 2.05) is 26.0 Å². The number of rotatable bonds is 4. The summed E-state index contributed by atoms with van der Waals surface area (Å²) in [5.74, 6) is -1.05. The van der Waals surface area contributed by atoms with E-state index in [1.54, 1.807) is 34.2 Å². The van der Waals surface area contributed by atoms with E-state index < -0.39 is 5.97 Å². The number of benzene rings is 1. The van der Waals surface area contributed by atoms with Crippen molar-refractivity contribution >= 4 is 40.5 Å². The van der Waals surface area contributed by atoms with Crippen LogP contribution in [-0.2, 0) is 6.42 Å². The van der Waals surface area contributed by atoms with Gasteiger partial charge in [0.15, 0.2) is 5.69 Å². The molecule has 3 aromatic rings. The highest BCUT2D eigenvalue weighted by atomic mass is 35.5. The number of aromatic nitrogens is 2. The minimum atomic E-state index is -1.05. The van der Waals surface area contributed by atoms with Crippen molar-refractivity contribution in [2.75, 3.05) is 0 Å². The van der Waals surface area contributed by atoms with E-state index in [4.69, 9.17) is 23.2 Å². The van der Waals surface area contributed by atoms with Crippen LogP contribution in [-0.4, -0.2) is 20.9 Å². The molecular weight excluding hydrogens is 367 g/mol. The fourth-order valence-corrected chi connectivity index (χ4v) is 4.01. The molecule has 0 saturated carbocycles. The predicted octanol–water partition coefficient (Wildman–Crippen LogP) is 5.48. The molecule has 0 amide bonds. The van der Waals surface area contributed by atoms with E-state index >= 15 is 0 Å². The van der Waals surface area contributed by atoms with Gasteiger partial charge in [0.25, 0.3) is 0 Å². The Morgan fingerprint density at radius 1 is 1.29 bits per heavy atom. The molecule has 2 aromatic heterocycles. The van der Waals surface area contributed by atoms with E-state index in [9.17, 15) is 9.90 Å². The van der Waals surface area contributed by atoms with Crippen molar-refractivity contribution in [3.63, 3.8) is 0 Å². The standard InChI is InChI=1S/C17H14Cl2N2O2S/c1-3-11-15(17(22)23)20-21(13-6-5-10(18)8-12(13)19)16(11)14-7-4-9(2)24-14/h4-8H,3H2,1-2H3,(H,22,23). The van der Waals surface area contributed by atoms with Crippen LogP contribution >= 0.6 is 34.5 Å². The molecule has 0 aliphatic heterocycles. The van der Waals surface area contributed by atoms with E-state index in [1.165, 1.54) is 0 Å². The maximum absolute atomic E-state index is 11.6. The minimum absolute atomic E-state index is 0.0459. The van der Waals surface area contributed by atoms with Gasteiger partial charge in [0, 0.05) is 15.5 Å². The Kier molecular flexibility index (Phi) is 4.67. The van der Waals surface area contributed by atoms with Crippen LogP contribution in [0.4, 0.5) is 0 Å². The van der Waals surface area contributed by atoms with Gasteiger partial charge in [-0.3, -0.25) is 0 Å². The number of nitrogens with zero attached hydrogens (tertiary/aromatic N) is 2. The van der Waals surface area contributed by atoms with E-state index in [-0.39, 0.29) is 5.69 Å². The minimum Gasteiger partial charge on any atom is -0.476 e. The van der Waals surface area contributed by atoms with Gasteiger partial charge in [-0.05, 0) is 43.7 Å². The fourth-order valence-electron chi connectivity index (χ4n) is 2.60. The highest BCUT2D eigenvalue weighted by Gasteiger charge is 2.25. The van der Waals surface area contributed by atoms with Crippen molar-refractivity contribution in [2.45, 2.75) is 20.3 Å². The summed E-state index contributed by atoms with van der Waals surface area (Å²) in [7, 11) is 0. The third-order valence-electron chi connectivity index (χ3n) is 3.65. The maximum atomic E-state index is 11.6. The molecule has 0 saturated heterocycles. The second-order valence-electron chi connectivity index (χ2n) is 5.25. The first-order valence-corrected chi connectivity index (χ1v) is 8.87. The van der Waals surface area contributed by atoms with Crippen molar-refractivity contribution in [2.24, 2.45) is 0 Å². The number of carboxylic acid groups (broad SMARTS) is 1. The van der Waals surface area contributed by atoms with Crippen molar-refractivity contribution in [3.8, 4) is 16.3 Å². The Hall–Kier alpha value is -1.82. The second-order valence-corrected chi connectivity index (χ2v) is 7.38. The summed E-state index contributed by atoms with van der Waals surface area (Å²) >= 11 is 13.9. The molecule has 4 nitrogen and oxygen atoms in total. The molecule has 0 unspecified atom stereocenters. The Labute approximate surface area is 153 Å². The lowest BCUT2D eigenvalue weighted by Crippen LogP contribution is -2.03. The average Bonchev–Trinajstić information content (AvgIpc) is 3.10. The van der Waals surface area contributed by atoms with E-state index in [0.717, 1.165) is 15.4 Å². The Morgan fingerprint density at radius 3 is 2.58 bits per heavy atom. The smallest absolute Gasteiger partial charge is 0.356 e. The summed E-state index contributed by atoms with van der Waals surface area (Å²) in [4.78, 5) is 13.7. The monoisotopic (exact) mass is 380 g/mol. The summed E-state index contributed by atoms with van der Waals surface area (Å²) in [6, 6.07) is 9.05. The predicted molar refractivity (Wildman–Crippen MR) is 98.0 cm³/mol. The number of carboxylic acids is 1. The molecule has 0 aliphatic carbocycles. The summed E-state index contributed by atoms with van der Waals surface area (Å²) in [6.45, 7) is 3.93. The number of thiophene rings is 1. The number of aryl methyl sites for hydroxylation is 1. The number of aromatic carboxylic acids is 1. The van der Waals surface area contributed by atoms with Crippen LogP contribution in [0.25, 0.3) is 16.3 Å². The molecule has 0 fully saturated rings. The van der Waals surface area contributed by atoms with E-state index in [2.05, 4.69) is 5.10 Å². The zero-order valence-corrected chi connectivity index (χ0v) is 15.3. The highest BCUT2D eigenvalue weighted by molar-refractivity contribution is 7.15. The molecule has 124 valence electrons. The molecule has 24 heavy (non-hydrogen) atoms. The molecule has 3 rings (SSSR count). The maximum Gasteiger partial charge on any atom is 0.356 e. The third-order valence-corrected chi connectivity index (χ3v) is 5.20. The van der Waals surface area contributed by atoms with Crippen LogP contribution in [0.1, 0.15) is 27.9 Å². The summed E-state index contributed by atoms with van der Waals surface area (Å²) in [5.41, 5.74) is 2.10. The molecular formula is C17H14Cl2N2O2S. The summed E-state index contributed by atoms with van der Waals surface area (Å²) in [6.07, 6.45) is 0.555. The molecule has 1 aromatic carbocycles. The molecule has 7 heteroatoms. The topological polar surface area (TPSA) is 55.1 Å². The van der Waals surface area contributed by atoms with Crippen LogP contribution in [0, 0.1) is 6.92 Å². The van der Waals surface area contributed by atoms with Crippen LogP contribution in [0.2, 0.25) is 10.0 Å². The second kappa shape index (κ2) is 6.59. The van der Waals surface area contributed by atoms with Gasteiger partial charge in [-0.15, -0.1) is 11.3 Å². The quantitative estimate of drug-likeness (QED) is 0.651. The molecule has 1 N–H and O–H groups in total. The first-order chi connectivity index (χ1) is 11.4. The van der Waals surface area contributed by atoms with Gasteiger partial charge >= 0.3 is 5.97 Å². The Morgan fingerprint density at radius 2 is 2.04 bits per heavy atom. The zero-order valence-electron chi connectivity index (χ0n) is 13.0. The van der Waals surface area contributed by atoms with Gasteiger partial charge < -0.3 is 5.11 Å². The van der Waals surface area contributed by atoms with Gasteiger partial charge in [-0.1, -0.05) is 30.1 Å². The van der Waals surface area contributed by atoms with Gasteiger partial charge in [-0.25, -0.2) is 9.48 Å². The molecule has 0 radical (unpaired) electrons. The lowest BCUT2D eigenvalue weighted by molar-refractivity contribution is 0.0689. The average molecular weight is 381 g/mol. The van der Waals surface area contributed by atoms with Crippen LogP contribution in [0.3, 0.4) is 0 Å².